The van der Waals surface area contributed by atoms with Gasteiger partial charge in [-0.1, -0.05) is 0 Å². The maximum absolute atomic E-state index is 13.4. The van der Waals surface area contributed by atoms with Gasteiger partial charge in [0.25, 0.3) is 5.69 Å². The number of halogens is 1. The molecule has 116 valence electrons. The molecule has 0 aliphatic rings. The number of carbonyl (C=O) groups is 1. The van der Waals surface area contributed by atoms with Crippen LogP contribution in [-0.4, -0.2) is 32.2 Å². The summed E-state index contributed by atoms with van der Waals surface area (Å²) in [6.07, 6.45) is -0.118. The molecule has 0 heterocycles. The molecule has 0 radical (unpaired) electrons. The van der Waals surface area contributed by atoms with Crippen LogP contribution in [0.2, 0.25) is 0 Å². The third-order valence-electron chi connectivity index (χ3n) is 2.45. The van der Waals surface area contributed by atoms with E-state index < -0.39 is 43.9 Å². The minimum atomic E-state index is -3.92. The quantitative estimate of drug-likeness (QED) is 0.461. The first-order chi connectivity index (χ1) is 9.75. The average molecular weight is 320 g/mol. The highest BCUT2D eigenvalue weighted by molar-refractivity contribution is 7.92. The zero-order valence-corrected chi connectivity index (χ0v) is 11.9. The molecule has 1 N–H and O–H groups in total. The van der Waals surface area contributed by atoms with Gasteiger partial charge >= 0.3 is 5.97 Å². The van der Waals surface area contributed by atoms with Gasteiger partial charge in [0.1, 0.15) is 5.82 Å². The molecule has 21 heavy (non-hydrogen) atoms. The maximum atomic E-state index is 13.4. The summed E-state index contributed by atoms with van der Waals surface area (Å²) in [6.45, 7) is 0. The summed E-state index contributed by atoms with van der Waals surface area (Å²) in [6, 6.07) is 2.50. The van der Waals surface area contributed by atoms with Crippen LogP contribution >= 0.6 is 0 Å². The number of methoxy groups -OCH3 is 1. The first kappa shape index (κ1) is 16.8. The monoisotopic (exact) mass is 320 g/mol. The third kappa shape index (κ3) is 5.34. The van der Waals surface area contributed by atoms with E-state index in [1.165, 1.54) is 7.11 Å². The van der Waals surface area contributed by atoms with Crippen molar-refractivity contribution in [1.29, 1.82) is 0 Å². The summed E-state index contributed by atoms with van der Waals surface area (Å²) in [5.74, 6) is -1.94. The van der Waals surface area contributed by atoms with E-state index >= 15 is 0 Å². The van der Waals surface area contributed by atoms with Gasteiger partial charge in [-0.25, -0.2) is 12.8 Å². The zero-order valence-electron chi connectivity index (χ0n) is 11.0. The molecule has 1 aromatic carbocycles. The number of sulfonamides is 1. The highest BCUT2D eigenvalue weighted by atomic mass is 32.2. The number of anilines is 1. The molecule has 0 aromatic heterocycles. The van der Waals surface area contributed by atoms with Gasteiger partial charge < -0.3 is 4.74 Å². The highest BCUT2D eigenvalue weighted by Crippen LogP contribution is 2.22. The number of esters is 1. The molecule has 10 heteroatoms. The van der Waals surface area contributed by atoms with Crippen molar-refractivity contribution >= 4 is 27.4 Å². The minimum absolute atomic E-state index is 0.0153. The Hall–Kier alpha value is -2.23. The minimum Gasteiger partial charge on any atom is -0.469 e. The number of ether oxygens (including phenoxy) is 1. The lowest BCUT2D eigenvalue weighted by Gasteiger charge is -2.08. The Bertz CT molecular complexity index is 646. The van der Waals surface area contributed by atoms with Gasteiger partial charge in [-0.2, -0.15) is 0 Å². The number of nitro groups is 1. The van der Waals surface area contributed by atoms with E-state index in [9.17, 15) is 27.7 Å². The summed E-state index contributed by atoms with van der Waals surface area (Å²) in [7, 11) is -2.75. The van der Waals surface area contributed by atoms with E-state index in [2.05, 4.69) is 4.74 Å². The van der Waals surface area contributed by atoms with Gasteiger partial charge in [0.2, 0.25) is 10.0 Å². The molecular formula is C11H13FN2O6S. The molecule has 0 amide bonds. The number of nitro benzene ring substituents is 1. The Morgan fingerprint density at radius 1 is 1.48 bits per heavy atom. The van der Waals surface area contributed by atoms with Crippen LogP contribution in [0.1, 0.15) is 12.8 Å². The summed E-state index contributed by atoms with van der Waals surface area (Å²) in [4.78, 5) is 20.7. The van der Waals surface area contributed by atoms with Crippen molar-refractivity contribution in [2.24, 2.45) is 0 Å². The number of hydrogen-bond acceptors (Lipinski definition) is 6. The molecule has 0 aliphatic carbocycles. The lowest BCUT2D eigenvalue weighted by atomic mass is 10.3. The van der Waals surface area contributed by atoms with Crippen molar-refractivity contribution in [2.75, 3.05) is 17.6 Å². The second kappa shape index (κ2) is 6.97. The fourth-order valence-electron chi connectivity index (χ4n) is 1.43. The van der Waals surface area contributed by atoms with Gasteiger partial charge in [-0.05, 0) is 12.5 Å². The average Bonchev–Trinajstić information content (AvgIpc) is 2.40. The third-order valence-corrected chi connectivity index (χ3v) is 3.80. The Balaban J connectivity index is 2.77. The molecule has 1 rings (SSSR count). The summed E-state index contributed by atoms with van der Waals surface area (Å²) >= 11 is 0. The topological polar surface area (TPSA) is 116 Å². The van der Waals surface area contributed by atoms with Crippen molar-refractivity contribution in [3.63, 3.8) is 0 Å². The van der Waals surface area contributed by atoms with Crippen molar-refractivity contribution in [2.45, 2.75) is 12.8 Å². The standard InChI is InChI=1S/C11H13FN2O6S/c1-20-11(15)3-2-6-21(18,19)13-10-7-8(14(16)17)4-5-9(10)12/h4-5,7,13H,2-3,6H2,1H3. The SMILES string of the molecule is COC(=O)CCCS(=O)(=O)Nc1cc([N+](=O)[O-])ccc1F. The van der Waals surface area contributed by atoms with Crippen LogP contribution in [-0.2, 0) is 19.6 Å². The Kier molecular flexibility index (Phi) is 5.59. The van der Waals surface area contributed by atoms with Crippen molar-refractivity contribution in [3.8, 4) is 0 Å². The number of nitrogens with one attached hydrogen (secondary N) is 1. The number of carbonyl (C=O) groups excluding carboxylic acids is 1. The summed E-state index contributed by atoms with van der Waals surface area (Å²) < 4.78 is 43.1. The number of rotatable bonds is 7. The Morgan fingerprint density at radius 2 is 2.14 bits per heavy atom. The zero-order chi connectivity index (χ0) is 16.0. The van der Waals surface area contributed by atoms with E-state index in [0.29, 0.717) is 0 Å². The van der Waals surface area contributed by atoms with Gasteiger partial charge in [-0.15, -0.1) is 0 Å². The van der Waals surface area contributed by atoms with E-state index in [1.807, 2.05) is 4.72 Å². The number of hydrogen-bond donors (Lipinski definition) is 1. The molecule has 0 unspecified atom stereocenters. The van der Waals surface area contributed by atoms with Crippen LogP contribution < -0.4 is 4.72 Å². The van der Waals surface area contributed by atoms with E-state index in [4.69, 9.17) is 0 Å². The fourth-order valence-corrected chi connectivity index (χ4v) is 2.55. The smallest absolute Gasteiger partial charge is 0.305 e. The normalized spacial score (nSPS) is 11.0. The van der Waals surface area contributed by atoms with Crippen LogP contribution in [0.5, 0.6) is 0 Å². The molecular weight excluding hydrogens is 307 g/mol. The fraction of sp³-hybridized carbons (Fsp3) is 0.364. The van der Waals surface area contributed by atoms with Gasteiger partial charge in [0.05, 0.1) is 23.5 Å². The molecule has 0 atom stereocenters. The number of benzene rings is 1. The molecule has 0 saturated carbocycles. The van der Waals surface area contributed by atoms with Crippen LogP contribution in [0.4, 0.5) is 15.8 Å². The predicted molar refractivity (Wildman–Crippen MR) is 71.7 cm³/mol. The Morgan fingerprint density at radius 3 is 2.71 bits per heavy atom. The molecule has 0 aliphatic heterocycles. The molecule has 0 saturated heterocycles. The lowest BCUT2D eigenvalue weighted by molar-refractivity contribution is -0.384. The van der Waals surface area contributed by atoms with Gasteiger partial charge in [0, 0.05) is 18.6 Å². The van der Waals surface area contributed by atoms with Gasteiger partial charge in [0.15, 0.2) is 0 Å². The van der Waals surface area contributed by atoms with Crippen molar-refractivity contribution in [3.05, 3.63) is 34.1 Å². The van der Waals surface area contributed by atoms with Crippen molar-refractivity contribution < 1.29 is 27.3 Å². The second-order valence-electron chi connectivity index (χ2n) is 4.02. The first-order valence-corrected chi connectivity index (χ1v) is 7.41. The van der Waals surface area contributed by atoms with Crippen LogP contribution in [0, 0.1) is 15.9 Å². The highest BCUT2D eigenvalue weighted by Gasteiger charge is 2.17. The summed E-state index contributed by atoms with van der Waals surface area (Å²) in [5.41, 5.74) is -0.953. The van der Waals surface area contributed by atoms with E-state index in [1.54, 1.807) is 0 Å². The van der Waals surface area contributed by atoms with E-state index in [-0.39, 0.29) is 12.8 Å². The van der Waals surface area contributed by atoms with Crippen LogP contribution in [0.15, 0.2) is 18.2 Å². The Labute approximate surface area is 120 Å². The number of nitrogens with zero attached hydrogens (tertiary/aromatic N) is 1. The lowest BCUT2D eigenvalue weighted by Crippen LogP contribution is -2.18. The number of non-ortho nitro benzene ring substituents is 1. The largest absolute Gasteiger partial charge is 0.469 e. The second-order valence-corrected chi connectivity index (χ2v) is 5.86. The molecule has 1 aromatic rings. The first-order valence-electron chi connectivity index (χ1n) is 5.76. The van der Waals surface area contributed by atoms with E-state index in [0.717, 1.165) is 18.2 Å². The molecule has 0 fully saturated rings. The van der Waals surface area contributed by atoms with Crippen LogP contribution in [0.3, 0.4) is 0 Å². The molecule has 0 spiro atoms. The molecule has 0 bridgehead atoms. The van der Waals surface area contributed by atoms with Crippen molar-refractivity contribution in [1.82, 2.24) is 0 Å². The predicted octanol–water partition coefficient (Wildman–Crippen LogP) is 1.43. The summed E-state index contributed by atoms with van der Waals surface area (Å²) in [5, 5.41) is 10.6. The maximum Gasteiger partial charge on any atom is 0.305 e. The molecule has 8 nitrogen and oxygen atoms in total. The van der Waals surface area contributed by atoms with Gasteiger partial charge in [-0.3, -0.25) is 19.6 Å². The van der Waals surface area contributed by atoms with Crippen LogP contribution in [0.25, 0.3) is 0 Å².